The number of aryl methyl sites for hydroxylation is 1. The topological polar surface area (TPSA) is 24.4 Å². The molecule has 0 saturated heterocycles. The molecule has 1 heterocycles. The van der Waals surface area contributed by atoms with Gasteiger partial charge in [0.05, 0.1) is 11.2 Å². The Morgan fingerprint density at radius 1 is 1.50 bits per heavy atom. The zero-order valence-electron chi connectivity index (χ0n) is 11.1. The number of rotatable bonds is 2. The van der Waals surface area contributed by atoms with E-state index in [1.807, 2.05) is 11.8 Å². The molecular formula is C14H19BrN2S. The third kappa shape index (κ3) is 3.29. The highest BCUT2D eigenvalue weighted by Gasteiger charge is 2.26. The normalized spacial score (nSPS) is 23.7. The molecule has 1 aromatic rings. The Hall–Kier alpha value is -0.480. The van der Waals surface area contributed by atoms with Crippen molar-refractivity contribution in [3.05, 3.63) is 28.2 Å². The van der Waals surface area contributed by atoms with Crippen molar-refractivity contribution < 1.29 is 0 Å². The van der Waals surface area contributed by atoms with Gasteiger partial charge in [-0.05, 0) is 60.3 Å². The van der Waals surface area contributed by atoms with Gasteiger partial charge in [0.1, 0.15) is 0 Å². The first-order valence-electron chi connectivity index (χ1n) is 6.28. The fourth-order valence-corrected chi connectivity index (χ4v) is 3.42. The molecule has 0 spiro atoms. The summed E-state index contributed by atoms with van der Waals surface area (Å²) < 4.78 is 1.08. The number of hydrogen-bond acceptors (Lipinski definition) is 3. The fourth-order valence-electron chi connectivity index (χ4n) is 1.87. The van der Waals surface area contributed by atoms with Gasteiger partial charge in [0.15, 0.2) is 5.17 Å². The van der Waals surface area contributed by atoms with E-state index in [1.54, 1.807) is 0 Å². The molecule has 0 aliphatic carbocycles. The number of aliphatic imine (C=N–C) groups is 1. The van der Waals surface area contributed by atoms with E-state index < -0.39 is 0 Å². The molecule has 1 unspecified atom stereocenters. The van der Waals surface area contributed by atoms with Crippen LogP contribution < -0.4 is 5.32 Å². The van der Waals surface area contributed by atoms with Crippen LogP contribution in [0.4, 0.5) is 5.69 Å². The third-order valence-corrected chi connectivity index (χ3v) is 4.94. The summed E-state index contributed by atoms with van der Waals surface area (Å²) in [5.74, 6) is 1.14. The van der Waals surface area contributed by atoms with Gasteiger partial charge in [-0.15, -0.1) is 0 Å². The largest absolute Gasteiger partial charge is 0.334 e. The van der Waals surface area contributed by atoms with Crippen LogP contribution in [0.15, 0.2) is 27.7 Å². The monoisotopic (exact) mass is 326 g/mol. The van der Waals surface area contributed by atoms with E-state index in [4.69, 9.17) is 4.99 Å². The van der Waals surface area contributed by atoms with Crippen LogP contribution in [0.5, 0.6) is 0 Å². The van der Waals surface area contributed by atoms with Crippen molar-refractivity contribution in [2.45, 2.75) is 39.2 Å². The lowest BCUT2D eigenvalue weighted by molar-refractivity contribution is 0.443. The molecule has 2 rings (SSSR count). The number of halogens is 1. The van der Waals surface area contributed by atoms with E-state index in [2.05, 4.69) is 60.2 Å². The highest BCUT2D eigenvalue weighted by atomic mass is 79.9. The predicted octanol–water partition coefficient (Wildman–Crippen LogP) is 4.83. The maximum Gasteiger partial charge on any atom is 0.161 e. The van der Waals surface area contributed by atoms with Gasteiger partial charge in [0.25, 0.3) is 0 Å². The summed E-state index contributed by atoms with van der Waals surface area (Å²) in [5, 5.41) is 4.48. The van der Waals surface area contributed by atoms with Crippen LogP contribution in [0.25, 0.3) is 0 Å². The standard InChI is InChI=1S/C14H19BrN2S/c1-4-14(3)7-8-18-13(17-14)16-12-9-10(2)5-6-11(12)15/h5-6,9H,4,7-8H2,1-3H3,(H,16,17). The first-order valence-corrected chi connectivity index (χ1v) is 8.06. The molecule has 0 bridgehead atoms. The zero-order valence-corrected chi connectivity index (χ0v) is 13.5. The number of benzene rings is 1. The maximum absolute atomic E-state index is 4.85. The van der Waals surface area contributed by atoms with Gasteiger partial charge in [-0.25, -0.2) is 0 Å². The average Bonchev–Trinajstić information content (AvgIpc) is 2.34. The number of nitrogens with one attached hydrogen (secondary N) is 1. The molecule has 0 fully saturated rings. The molecule has 1 aromatic carbocycles. The van der Waals surface area contributed by atoms with Gasteiger partial charge >= 0.3 is 0 Å². The van der Waals surface area contributed by atoms with Crippen molar-refractivity contribution in [1.29, 1.82) is 0 Å². The van der Waals surface area contributed by atoms with Crippen LogP contribution in [-0.4, -0.2) is 16.5 Å². The minimum Gasteiger partial charge on any atom is -0.334 e. The fraction of sp³-hybridized carbons (Fsp3) is 0.500. The van der Waals surface area contributed by atoms with Crippen LogP contribution in [0.2, 0.25) is 0 Å². The molecule has 1 aliphatic heterocycles. The lowest BCUT2D eigenvalue weighted by Crippen LogP contribution is -2.29. The lowest BCUT2D eigenvalue weighted by Gasteiger charge is -2.29. The van der Waals surface area contributed by atoms with E-state index >= 15 is 0 Å². The first kappa shape index (κ1) is 13.9. The molecule has 1 atom stereocenters. The van der Waals surface area contributed by atoms with Crippen molar-refractivity contribution in [2.75, 3.05) is 11.1 Å². The summed E-state index contributed by atoms with van der Waals surface area (Å²) in [6.07, 6.45) is 2.25. The van der Waals surface area contributed by atoms with Crippen LogP contribution >= 0.6 is 27.7 Å². The highest BCUT2D eigenvalue weighted by molar-refractivity contribution is 9.10. The summed E-state index contributed by atoms with van der Waals surface area (Å²) in [4.78, 5) is 4.85. The second-order valence-corrected chi connectivity index (χ2v) is 6.91. The Bertz CT molecular complexity index is 473. The molecule has 1 N–H and O–H groups in total. The summed E-state index contributed by atoms with van der Waals surface area (Å²) in [6.45, 7) is 6.54. The predicted molar refractivity (Wildman–Crippen MR) is 85.7 cm³/mol. The van der Waals surface area contributed by atoms with Crippen LogP contribution in [0.3, 0.4) is 0 Å². The Morgan fingerprint density at radius 2 is 2.28 bits per heavy atom. The second kappa shape index (κ2) is 5.66. The van der Waals surface area contributed by atoms with E-state index in [9.17, 15) is 0 Å². The SMILES string of the molecule is CCC1(C)CCSC(Nc2cc(C)ccc2Br)=N1. The Labute approximate surface area is 122 Å². The minimum atomic E-state index is 0.101. The Balaban J connectivity index is 2.21. The Kier molecular flexibility index (Phi) is 4.38. The van der Waals surface area contributed by atoms with Crippen LogP contribution in [0.1, 0.15) is 32.3 Å². The van der Waals surface area contributed by atoms with E-state index in [0.29, 0.717) is 0 Å². The quantitative estimate of drug-likeness (QED) is 0.841. The van der Waals surface area contributed by atoms with Crippen molar-refractivity contribution in [2.24, 2.45) is 4.99 Å². The second-order valence-electron chi connectivity index (χ2n) is 4.97. The molecular weight excluding hydrogens is 308 g/mol. The van der Waals surface area contributed by atoms with Crippen molar-refractivity contribution in [3.63, 3.8) is 0 Å². The molecule has 18 heavy (non-hydrogen) atoms. The summed E-state index contributed by atoms with van der Waals surface area (Å²) in [7, 11) is 0. The molecule has 0 aromatic heterocycles. The number of nitrogens with zero attached hydrogens (tertiary/aromatic N) is 1. The molecule has 0 amide bonds. The molecule has 0 saturated carbocycles. The lowest BCUT2D eigenvalue weighted by atomic mass is 9.97. The molecule has 1 aliphatic rings. The van der Waals surface area contributed by atoms with Gasteiger partial charge in [0.2, 0.25) is 0 Å². The number of thioether (sulfide) groups is 1. The first-order chi connectivity index (χ1) is 8.52. The van der Waals surface area contributed by atoms with Gasteiger partial charge in [0, 0.05) is 10.2 Å². The van der Waals surface area contributed by atoms with Crippen LogP contribution in [0, 0.1) is 6.92 Å². The summed E-state index contributed by atoms with van der Waals surface area (Å²) in [5.41, 5.74) is 2.45. The van der Waals surface area contributed by atoms with Gasteiger partial charge < -0.3 is 5.32 Å². The number of amidine groups is 1. The zero-order chi connectivity index (χ0) is 13.2. The molecule has 2 nitrogen and oxygen atoms in total. The third-order valence-electron chi connectivity index (χ3n) is 3.38. The molecule has 98 valence electrons. The summed E-state index contributed by atoms with van der Waals surface area (Å²) in [6, 6.07) is 6.32. The van der Waals surface area contributed by atoms with Crippen molar-refractivity contribution in [3.8, 4) is 0 Å². The maximum atomic E-state index is 4.85. The minimum absolute atomic E-state index is 0.101. The van der Waals surface area contributed by atoms with Gasteiger partial charge in [-0.2, -0.15) is 0 Å². The van der Waals surface area contributed by atoms with Crippen molar-refractivity contribution >= 4 is 38.5 Å². The highest BCUT2D eigenvalue weighted by Crippen LogP contribution is 2.31. The number of anilines is 1. The molecule has 0 radical (unpaired) electrons. The smallest absolute Gasteiger partial charge is 0.161 e. The van der Waals surface area contributed by atoms with Gasteiger partial charge in [-0.3, -0.25) is 4.99 Å². The van der Waals surface area contributed by atoms with E-state index in [1.165, 1.54) is 5.56 Å². The number of hydrogen-bond donors (Lipinski definition) is 1. The Morgan fingerprint density at radius 3 is 3.00 bits per heavy atom. The summed E-state index contributed by atoms with van der Waals surface area (Å²) >= 11 is 5.38. The van der Waals surface area contributed by atoms with E-state index in [-0.39, 0.29) is 5.54 Å². The average molecular weight is 327 g/mol. The van der Waals surface area contributed by atoms with Crippen molar-refractivity contribution in [1.82, 2.24) is 0 Å². The van der Waals surface area contributed by atoms with E-state index in [0.717, 1.165) is 33.9 Å². The molecule has 4 heteroatoms. The van der Waals surface area contributed by atoms with Gasteiger partial charge in [-0.1, -0.05) is 24.8 Å². The van der Waals surface area contributed by atoms with Crippen LogP contribution in [-0.2, 0) is 0 Å².